The minimum atomic E-state index is 0.162. The van der Waals surface area contributed by atoms with Crippen LogP contribution in [0.2, 0.25) is 0 Å². The molecule has 3 heteroatoms. The molecule has 1 aliphatic rings. The highest BCUT2D eigenvalue weighted by Crippen LogP contribution is 2.05. The van der Waals surface area contributed by atoms with Crippen molar-refractivity contribution in [2.24, 2.45) is 0 Å². The summed E-state index contributed by atoms with van der Waals surface area (Å²) in [5, 5.41) is 6.27. The molecule has 0 aromatic heterocycles. The van der Waals surface area contributed by atoms with E-state index in [1.54, 1.807) is 0 Å². The smallest absolute Gasteiger partial charge is 0.220 e. The summed E-state index contributed by atoms with van der Waals surface area (Å²) in [4.78, 5) is 11.7. The zero-order valence-corrected chi connectivity index (χ0v) is 11.3. The van der Waals surface area contributed by atoms with Gasteiger partial charge in [-0.2, -0.15) is 0 Å². The van der Waals surface area contributed by atoms with Gasteiger partial charge in [-0.3, -0.25) is 4.79 Å². The summed E-state index contributed by atoms with van der Waals surface area (Å²) >= 11 is 0. The zero-order chi connectivity index (χ0) is 13.3. The summed E-state index contributed by atoms with van der Waals surface area (Å²) < 4.78 is 0. The SMILES string of the molecule is O=C(CCCc1ccccc1)NCC1=CCNCC1. The molecule has 0 saturated carbocycles. The normalized spacial score (nSPS) is 14.8. The van der Waals surface area contributed by atoms with Crippen LogP contribution >= 0.6 is 0 Å². The lowest BCUT2D eigenvalue weighted by Crippen LogP contribution is -2.29. The first-order chi connectivity index (χ1) is 9.34. The second-order valence-corrected chi connectivity index (χ2v) is 4.93. The van der Waals surface area contributed by atoms with Gasteiger partial charge in [0.25, 0.3) is 0 Å². The Balaban J connectivity index is 1.61. The molecule has 3 nitrogen and oxygen atoms in total. The Labute approximate surface area is 115 Å². The first kappa shape index (κ1) is 13.8. The molecule has 19 heavy (non-hydrogen) atoms. The molecule has 0 saturated heterocycles. The van der Waals surface area contributed by atoms with Crippen molar-refractivity contribution < 1.29 is 4.79 Å². The number of aryl methyl sites for hydroxylation is 1. The number of carbonyl (C=O) groups excluding carboxylic acids is 1. The van der Waals surface area contributed by atoms with E-state index in [4.69, 9.17) is 0 Å². The maximum Gasteiger partial charge on any atom is 0.220 e. The lowest BCUT2D eigenvalue weighted by molar-refractivity contribution is -0.121. The van der Waals surface area contributed by atoms with Crippen molar-refractivity contribution in [3.05, 3.63) is 47.5 Å². The molecule has 1 heterocycles. The molecule has 1 amide bonds. The molecular weight excluding hydrogens is 236 g/mol. The van der Waals surface area contributed by atoms with Crippen LogP contribution < -0.4 is 10.6 Å². The summed E-state index contributed by atoms with van der Waals surface area (Å²) in [5.41, 5.74) is 2.64. The first-order valence-corrected chi connectivity index (χ1v) is 7.04. The van der Waals surface area contributed by atoms with E-state index in [1.807, 2.05) is 18.2 Å². The summed E-state index contributed by atoms with van der Waals surface area (Å²) in [6.45, 7) is 2.67. The Bertz CT molecular complexity index is 426. The number of rotatable bonds is 6. The average molecular weight is 258 g/mol. The van der Waals surface area contributed by atoms with Crippen molar-refractivity contribution in [3.63, 3.8) is 0 Å². The number of nitrogens with one attached hydrogen (secondary N) is 2. The standard InChI is InChI=1S/C16H22N2O/c19-16(18-13-15-9-11-17-12-10-15)8-4-7-14-5-2-1-3-6-14/h1-3,5-6,9,17H,4,7-8,10-13H2,(H,18,19). The van der Waals surface area contributed by atoms with Gasteiger partial charge in [-0.25, -0.2) is 0 Å². The van der Waals surface area contributed by atoms with Gasteiger partial charge in [-0.1, -0.05) is 42.0 Å². The van der Waals surface area contributed by atoms with Crippen LogP contribution in [0.3, 0.4) is 0 Å². The molecule has 0 unspecified atom stereocenters. The molecule has 0 radical (unpaired) electrons. The minimum absolute atomic E-state index is 0.162. The van der Waals surface area contributed by atoms with Crippen LogP contribution in [0.15, 0.2) is 42.0 Å². The number of amides is 1. The highest BCUT2D eigenvalue weighted by atomic mass is 16.1. The summed E-state index contributed by atoms with van der Waals surface area (Å²) in [6.07, 6.45) is 5.72. The van der Waals surface area contributed by atoms with E-state index in [1.165, 1.54) is 11.1 Å². The molecule has 0 atom stereocenters. The highest BCUT2D eigenvalue weighted by molar-refractivity contribution is 5.76. The Kier molecular flexibility index (Phi) is 5.63. The monoisotopic (exact) mass is 258 g/mol. The molecule has 0 aliphatic carbocycles. The predicted molar refractivity (Wildman–Crippen MR) is 78.0 cm³/mol. The largest absolute Gasteiger partial charge is 0.352 e. The van der Waals surface area contributed by atoms with Crippen LogP contribution in [-0.2, 0) is 11.2 Å². The van der Waals surface area contributed by atoms with Gasteiger partial charge in [0.15, 0.2) is 0 Å². The maximum absolute atomic E-state index is 11.7. The molecule has 0 fully saturated rings. The molecule has 1 aromatic carbocycles. The molecule has 102 valence electrons. The van der Waals surface area contributed by atoms with Crippen molar-refractivity contribution in [2.45, 2.75) is 25.7 Å². The topological polar surface area (TPSA) is 41.1 Å². The lowest BCUT2D eigenvalue weighted by atomic mass is 10.1. The van der Waals surface area contributed by atoms with Crippen molar-refractivity contribution in [1.82, 2.24) is 10.6 Å². The van der Waals surface area contributed by atoms with Gasteiger partial charge in [-0.05, 0) is 31.4 Å². The number of hydrogen-bond acceptors (Lipinski definition) is 2. The zero-order valence-electron chi connectivity index (χ0n) is 11.3. The van der Waals surface area contributed by atoms with Crippen LogP contribution in [-0.4, -0.2) is 25.5 Å². The van der Waals surface area contributed by atoms with E-state index in [0.29, 0.717) is 13.0 Å². The molecule has 2 rings (SSSR count). The second kappa shape index (κ2) is 7.74. The molecule has 1 aliphatic heterocycles. The van der Waals surface area contributed by atoms with E-state index in [2.05, 4.69) is 28.8 Å². The van der Waals surface area contributed by atoms with E-state index >= 15 is 0 Å². The predicted octanol–water partition coefficient (Wildman–Crippen LogP) is 2.05. The van der Waals surface area contributed by atoms with Crippen LogP contribution in [0.5, 0.6) is 0 Å². The lowest BCUT2D eigenvalue weighted by Gasteiger charge is -2.14. The van der Waals surface area contributed by atoms with E-state index < -0.39 is 0 Å². The Morgan fingerprint density at radius 3 is 2.84 bits per heavy atom. The Morgan fingerprint density at radius 1 is 1.26 bits per heavy atom. The van der Waals surface area contributed by atoms with Crippen LogP contribution in [0.25, 0.3) is 0 Å². The molecular formula is C16H22N2O. The average Bonchev–Trinajstić information content (AvgIpc) is 2.47. The van der Waals surface area contributed by atoms with Gasteiger partial charge >= 0.3 is 0 Å². The van der Waals surface area contributed by atoms with Crippen molar-refractivity contribution >= 4 is 5.91 Å². The summed E-state index contributed by atoms with van der Waals surface area (Å²) in [7, 11) is 0. The number of hydrogen-bond donors (Lipinski definition) is 2. The van der Waals surface area contributed by atoms with Crippen LogP contribution in [0.4, 0.5) is 0 Å². The maximum atomic E-state index is 11.7. The van der Waals surface area contributed by atoms with Gasteiger partial charge in [0.1, 0.15) is 0 Å². The van der Waals surface area contributed by atoms with Gasteiger partial charge in [-0.15, -0.1) is 0 Å². The van der Waals surface area contributed by atoms with Crippen molar-refractivity contribution in [1.29, 1.82) is 0 Å². The molecule has 2 N–H and O–H groups in total. The van der Waals surface area contributed by atoms with Crippen LogP contribution in [0.1, 0.15) is 24.8 Å². The Morgan fingerprint density at radius 2 is 2.11 bits per heavy atom. The number of carbonyl (C=O) groups is 1. The van der Waals surface area contributed by atoms with Crippen LogP contribution in [0, 0.1) is 0 Å². The Hall–Kier alpha value is -1.61. The third-order valence-corrected chi connectivity index (χ3v) is 3.38. The quantitative estimate of drug-likeness (QED) is 0.767. The number of benzene rings is 1. The van der Waals surface area contributed by atoms with E-state index in [-0.39, 0.29) is 5.91 Å². The van der Waals surface area contributed by atoms with Gasteiger partial charge in [0, 0.05) is 19.5 Å². The van der Waals surface area contributed by atoms with Gasteiger partial charge < -0.3 is 10.6 Å². The molecule has 0 spiro atoms. The summed E-state index contributed by atoms with van der Waals surface area (Å²) in [6, 6.07) is 10.3. The van der Waals surface area contributed by atoms with Gasteiger partial charge in [0.05, 0.1) is 0 Å². The van der Waals surface area contributed by atoms with Crippen molar-refractivity contribution in [2.75, 3.05) is 19.6 Å². The fourth-order valence-electron chi connectivity index (χ4n) is 2.23. The fourth-order valence-corrected chi connectivity index (χ4v) is 2.23. The van der Waals surface area contributed by atoms with Gasteiger partial charge in [0.2, 0.25) is 5.91 Å². The first-order valence-electron chi connectivity index (χ1n) is 7.04. The molecule has 1 aromatic rings. The minimum Gasteiger partial charge on any atom is -0.352 e. The third kappa shape index (κ3) is 5.26. The summed E-state index contributed by atoms with van der Waals surface area (Å²) in [5.74, 6) is 0.162. The highest BCUT2D eigenvalue weighted by Gasteiger charge is 2.05. The second-order valence-electron chi connectivity index (χ2n) is 4.93. The van der Waals surface area contributed by atoms with E-state index in [0.717, 1.165) is 32.4 Å². The van der Waals surface area contributed by atoms with Crippen molar-refractivity contribution in [3.8, 4) is 0 Å². The fraction of sp³-hybridized carbons (Fsp3) is 0.438. The van der Waals surface area contributed by atoms with E-state index in [9.17, 15) is 4.79 Å². The third-order valence-electron chi connectivity index (χ3n) is 3.38. The molecule has 0 bridgehead atoms.